The van der Waals surface area contributed by atoms with Gasteiger partial charge in [0.05, 0.1) is 11.9 Å². The van der Waals surface area contributed by atoms with E-state index in [0.717, 1.165) is 38.1 Å². The summed E-state index contributed by atoms with van der Waals surface area (Å²) in [7, 11) is -3.81. The maximum absolute atomic E-state index is 14.1. The van der Waals surface area contributed by atoms with Gasteiger partial charge in [-0.3, -0.25) is 13.9 Å². The first-order valence-corrected chi connectivity index (χ1v) is 16.5. The van der Waals surface area contributed by atoms with Crippen LogP contribution in [0.25, 0.3) is 0 Å². The smallest absolute Gasteiger partial charge is 0.244 e. The minimum Gasteiger partial charge on any atom is -0.352 e. The summed E-state index contributed by atoms with van der Waals surface area (Å²) in [6, 6.07) is 23.3. The molecule has 0 saturated heterocycles. The molecule has 0 fully saturated rings. The van der Waals surface area contributed by atoms with E-state index in [9.17, 15) is 18.0 Å². The van der Waals surface area contributed by atoms with Crippen molar-refractivity contribution in [2.24, 2.45) is 0 Å². The van der Waals surface area contributed by atoms with Crippen LogP contribution in [0.3, 0.4) is 0 Å². The van der Waals surface area contributed by atoms with Crippen LogP contribution in [0.2, 0.25) is 0 Å². The molecule has 0 saturated carbocycles. The van der Waals surface area contributed by atoms with E-state index >= 15 is 0 Å². The van der Waals surface area contributed by atoms with E-state index in [1.807, 2.05) is 80.6 Å². The van der Waals surface area contributed by atoms with Gasteiger partial charge in [0.2, 0.25) is 21.8 Å². The first-order valence-electron chi connectivity index (χ1n) is 13.8. The molecule has 0 aromatic heterocycles. The lowest BCUT2D eigenvalue weighted by Crippen LogP contribution is -2.54. The Morgan fingerprint density at radius 2 is 1.49 bits per heavy atom. The molecule has 0 unspecified atom stereocenters. The molecule has 220 valence electrons. The molecule has 3 rings (SSSR count). The number of halogens is 1. The van der Waals surface area contributed by atoms with Gasteiger partial charge in [-0.15, -0.1) is 0 Å². The summed E-state index contributed by atoms with van der Waals surface area (Å²) >= 11 is 3.45. The number of benzene rings is 3. The predicted octanol–water partition coefficient (Wildman–Crippen LogP) is 5.89. The third kappa shape index (κ3) is 9.43. The molecule has 3 aromatic carbocycles. The Bertz CT molecular complexity index is 1400. The molecule has 9 heteroatoms. The van der Waals surface area contributed by atoms with Crippen molar-refractivity contribution in [2.45, 2.75) is 65.1 Å². The lowest BCUT2D eigenvalue weighted by atomic mass is 10.0. The van der Waals surface area contributed by atoms with Gasteiger partial charge in [-0.05, 0) is 60.2 Å². The van der Waals surface area contributed by atoms with Gasteiger partial charge in [-0.2, -0.15) is 0 Å². The molecular weight excluding hydrogens is 602 g/mol. The second-order valence-corrected chi connectivity index (χ2v) is 13.5. The summed E-state index contributed by atoms with van der Waals surface area (Å²) in [6.45, 7) is 7.73. The van der Waals surface area contributed by atoms with Crippen molar-refractivity contribution in [3.63, 3.8) is 0 Å². The van der Waals surface area contributed by atoms with Crippen LogP contribution >= 0.6 is 15.9 Å². The monoisotopic (exact) mass is 641 g/mol. The highest BCUT2D eigenvalue weighted by molar-refractivity contribution is 9.10. The lowest BCUT2D eigenvalue weighted by Gasteiger charge is -2.34. The maximum atomic E-state index is 14.1. The van der Waals surface area contributed by atoms with E-state index < -0.39 is 28.5 Å². The molecule has 1 N–H and O–H groups in total. The molecule has 7 nitrogen and oxygen atoms in total. The van der Waals surface area contributed by atoms with Crippen molar-refractivity contribution in [2.75, 3.05) is 17.1 Å². The van der Waals surface area contributed by atoms with E-state index in [1.54, 1.807) is 12.1 Å². The third-order valence-electron chi connectivity index (χ3n) is 7.07. The fraction of sp³-hybridized carbons (Fsp3) is 0.375. The highest BCUT2D eigenvalue weighted by atomic mass is 79.9. The van der Waals surface area contributed by atoms with Crippen LogP contribution in [-0.4, -0.2) is 50.0 Å². The Morgan fingerprint density at radius 1 is 0.878 bits per heavy atom. The van der Waals surface area contributed by atoms with Crippen molar-refractivity contribution >= 4 is 43.5 Å². The van der Waals surface area contributed by atoms with Crippen LogP contribution in [0.1, 0.15) is 56.7 Å². The maximum Gasteiger partial charge on any atom is 0.244 e. The minimum atomic E-state index is -3.81. The van der Waals surface area contributed by atoms with Crippen LogP contribution in [0.15, 0.2) is 83.3 Å². The van der Waals surface area contributed by atoms with Crippen LogP contribution < -0.4 is 9.62 Å². The highest BCUT2D eigenvalue weighted by Gasteiger charge is 2.33. The quantitative estimate of drug-likeness (QED) is 0.252. The SMILES string of the molecule is CC[C@H](C)NC(=O)[C@H](Cc1ccccc1)N(Cc1ccc(Br)cc1)C(=O)CN(c1ccc(C(C)C)cc1)S(C)(=O)=O. The van der Waals surface area contributed by atoms with Crippen molar-refractivity contribution in [3.8, 4) is 0 Å². The number of carbonyl (C=O) groups is 2. The van der Waals surface area contributed by atoms with Crippen LogP contribution in [0.5, 0.6) is 0 Å². The summed E-state index contributed by atoms with van der Waals surface area (Å²) in [5, 5.41) is 3.04. The average Bonchev–Trinajstić information content (AvgIpc) is 2.94. The number of nitrogens with zero attached hydrogens (tertiary/aromatic N) is 2. The third-order valence-corrected chi connectivity index (χ3v) is 8.73. The number of hydrogen-bond acceptors (Lipinski definition) is 4. The number of amides is 2. The predicted molar refractivity (Wildman–Crippen MR) is 169 cm³/mol. The first-order chi connectivity index (χ1) is 19.4. The minimum absolute atomic E-state index is 0.0857. The van der Waals surface area contributed by atoms with Crippen LogP contribution in [0, 0.1) is 0 Å². The highest BCUT2D eigenvalue weighted by Crippen LogP contribution is 2.24. The Morgan fingerprint density at radius 3 is 2.02 bits per heavy atom. The van der Waals surface area contributed by atoms with Crippen molar-refractivity contribution in [1.29, 1.82) is 0 Å². The van der Waals surface area contributed by atoms with Gasteiger partial charge in [-0.1, -0.05) is 91.3 Å². The van der Waals surface area contributed by atoms with Gasteiger partial charge in [0.25, 0.3) is 0 Å². The zero-order valence-corrected chi connectivity index (χ0v) is 26.8. The van der Waals surface area contributed by atoms with Crippen molar-refractivity contribution in [3.05, 3.63) is 100 Å². The summed E-state index contributed by atoms with van der Waals surface area (Å²) in [4.78, 5) is 29.4. The molecule has 0 aliphatic carbocycles. The van der Waals surface area contributed by atoms with Gasteiger partial charge in [0.1, 0.15) is 12.6 Å². The Kier molecular flexibility index (Phi) is 11.5. The number of sulfonamides is 1. The van der Waals surface area contributed by atoms with Crippen LogP contribution in [0.4, 0.5) is 5.69 Å². The summed E-state index contributed by atoms with van der Waals surface area (Å²) in [5.41, 5.74) is 3.19. The largest absolute Gasteiger partial charge is 0.352 e. The van der Waals surface area contributed by atoms with Gasteiger partial charge in [0, 0.05) is 23.5 Å². The molecule has 0 aliphatic heterocycles. The van der Waals surface area contributed by atoms with E-state index in [-0.39, 0.29) is 30.8 Å². The van der Waals surface area contributed by atoms with E-state index in [0.29, 0.717) is 5.69 Å². The Labute approximate surface area is 253 Å². The molecule has 41 heavy (non-hydrogen) atoms. The molecule has 0 radical (unpaired) electrons. The van der Waals surface area contributed by atoms with Gasteiger partial charge in [0.15, 0.2) is 0 Å². The molecule has 2 atom stereocenters. The van der Waals surface area contributed by atoms with Crippen molar-refractivity contribution < 1.29 is 18.0 Å². The molecular formula is C32H40BrN3O4S. The first kappa shape index (κ1) is 32.3. The van der Waals surface area contributed by atoms with E-state index in [4.69, 9.17) is 0 Å². The number of rotatable bonds is 13. The standard InChI is InChI=1S/C32H40BrN3O4S/c1-6-24(4)34-32(38)30(20-25-10-8-7-9-11-25)35(21-26-12-16-28(33)17-13-26)31(37)22-36(41(5,39)40)29-18-14-27(15-19-29)23(2)3/h7-19,23-24,30H,6,20-22H2,1-5H3,(H,34,38)/t24-,30-/m0/s1. The normalized spacial score (nSPS) is 13.0. The number of carbonyl (C=O) groups excluding carboxylic acids is 2. The molecule has 2 amide bonds. The summed E-state index contributed by atoms with van der Waals surface area (Å²) < 4.78 is 27.9. The number of hydrogen-bond donors (Lipinski definition) is 1. The fourth-order valence-electron chi connectivity index (χ4n) is 4.42. The number of nitrogens with one attached hydrogen (secondary N) is 1. The van der Waals surface area contributed by atoms with Gasteiger partial charge < -0.3 is 10.2 Å². The second-order valence-electron chi connectivity index (χ2n) is 10.7. The molecule has 0 heterocycles. The Balaban J connectivity index is 2.04. The lowest BCUT2D eigenvalue weighted by molar-refractivity contribution is -0.140. The molecule has 0 spiro atoms. The van der Waals surface area contributed by atoms with Crippen molar-refractivity contribution in [1.82, 2.24) is 10.2 Å². The molecule has 3 aromatic rings. The average molecular weight is 643 g/mol. The van der Waals surface area contributed by atoms with E-state index in [1.165, 1.54) is 4.90 Å². The second kappa shape index (κ2) is 14.6. The molecule has 0 aliphatic rings. The van der Waals surface area contributed by atoms with Gasteiger partial charge in [-0.25, -0.2) is 8.42 Å². The summed E-state index contributed by atoms with van der Waals surface area (Å²) in [5.74, 6) is -0.464. The van der Waals surface area contributed by atoms with Gasteiger partial charge >= 0.3 is 0 Å². The van der Waals surface area contributed by atoms with E-state index in [2.05, 4.69) is 35.1 Å². The van der Waals surface area contributed by atoms with Crippen LogP contribution in [-0.2, 0) is 32.6 Å². The summed E-state index contributed by atoms with van der Waals surface area (Å²) in [6.07, 6.45) is 2.11. The number of anilines is 1. The zero-order valence-electron chi connectivity index (χ0n) is 24.4. The Hall–Kier alpha value is -3.17. The fourth-order valence-corrected chi connectivity index (χ4v) is 5.53. The molecule has 0 bridgehead atoms. The zero-order chi connectivity index (χ0) is 30.2. The topological polar surface area (TPSA) is 86.8 Å².